The molecule has 0 saturated carbocycles. The molecular formula is C23H17FN4O3S2. The molecule has 0 bridgehead atoms. The zero-order chi connectivity index (χ0) is 23.1. The van der Waals surface area contributed by atoms with Crippen LogP contribution in [0.5, 0.6) is 5.75 Å². The highest BCUT2D eigenvalue weighted by molar-refractivity contribution is 7.99. The summed E-state index contributed by atoms with van der Waals surface area (Å²) in [6.45, 7) is 1.73. The van der Waals surface area contributed by atoms with Gasteiger partial charge in [0.25, 0.3) is 11.5 Å². The maximum Gasteiger partial charge on any atom is 0.283 e. The molecule has 4 aromatic rings. The van der Waals surface area contributed by atoms with Crippen LogP contribution in [-0.2, 0) is 0 Å². The van der Waals surface area contributed by atoms with Crippen molar-refractivity contribution in [1.29, 1.82) is 0 Å². The van der Waals surface area contributed by atoms with Gasteiger partial charge >= 0.3 is 0 Å². The Morgan fingerprint density at radius 3 is 2.58 bits per heavy atom. The van der Waals surface area contributed by atoms with E-state index in [0.29, 0.717) is 48.7 Å². The van der Waals surface area contributed by atoms with Crippen molar-refractivity contribution >= 4 is 50.6 Å². The number of benzene rings is 2. The number of methoxy groups -OCH3 is 1. The number of anilines is 1. The minimum absolute atomic E-state index is 0.314. The molecule has 0 atom stereocenters. The van der Waals surface area contributed by atoms with E-state index < -0.39 is 0 Å². The normalized spacial score (nSPS) is 12.9. The second kappa shape index (κ2) is 8.45. The van der Waals surface area contributed by atoms with Gasteiger partial charge in [-0.1, -0.05) is 23.9 Å². The van der Waals surface area contributed by atoms with Crippen LogP contribution in [0.15, 0.2) is 63.6 Å². The van der Waals surface area contributed by atoms with E-state index in [4.69, 9.17) is 4.74 Å². The molecule has 10 heteroatoms. The van der Waals surface area contributed by atoms with Crippen molar-refractivity contribution in [3.63, 3.8) is 0 Å². The van der Waals surface area contributed by atoms with Gasteiger partial charge in [0.2, 0.25) is 0 Å². The van der Waals surface area contributed by atoms with Crippen molar-refractivity contribution in [2.45, 2.75) is 12.1 Å². The highest BCUT2D eigenvalue weighted by Crippen LogP contribution is 2.31. The van der Waals surface area contributed by atoms with Crippen molar-refractivity contribution in [2.75, 3.05) is 18.2 Å². The first-order valence-electron chi connectivity index (χ1n) is 9.92. The second-order valence-corrected chi connectivity index (χ2v) is 9.21. The van der Waals surface area contributed by atoms with Gasteiger partial charge in [-0.2, -0.15) is 9.78 Å². The predicted molar refractivity (Wildman–Crippen MR) is 129 cm³/mol. The van der Waals surface area contributed by atoms with E-state index in [2.05, 4.69) is 15.4 Å². The molecule has 1 amide bonds. The number of thiophene rings is 1. The second-order valence-electron chi connectivity index (χ2n) is 7.27. The minimum Gasteiger partial charge on any atom is -0.497 e. The summed E-state index contributed by atoms with van der Waals surface area (Å²) in [6, 6.07) is 13.0. The maximum atomic E-state index is 13.3. The SMILES string of the molecule is COc1ccc(NC(=O)c2sc3nc4n(c(=O)c3c2C)N=C(c2ccc(F)cc2)CS4)cc1. The average Bonchev–Trinajstić information content (AvgIpc) is 3.16. The summed E-state index contributed by atoms with van der Waals surface area (Å²) in [5, 5.41) is 8.16. The number of thioether (sulfide) groups is 1. The van der Waals surface area contributed by atoms with Crippen molar-refractivity contribution in [3.8, 4) is 5.75 Å². The van der Waals surface area contributed by atoms with Crippen LogP contribution in [0, 0.1) is 12.7 Å². The van der Waals surface area contributed by atoms with Crippen LogP contribution in [0.3, 0.4) is 0 Å². The molecule has 0 aliphatic carbocycles. The smallest absolute Gasteiger partial charge is 0.283 e. The number of carbonyl (C=O) groups is 1. The van der Waals surface area contributed by atoms with Crippen LogP contribution in [0.1, 0.15) is 20.8 Å². The number of hydrogen-bond acceptors (Lipinski definition) is 7. The van der Waals surface area contributed by atoms with Crippen molar-refractivity contribution in [3.05, 3.63) is 80.7 Å². The zero-order valence-corrected chi connectivity index (χ0v) is 19.2. The number of fused-ring (bicyclic) bond motifs is 2. The van der Waals surface area contributed by atoms with Crippen LogP contribution in [-0.4, -0.2) is 34.1 Å². The highest BCUT2D eigenvalue weighted by Gasteiger charge is 2.24. The molecule has 7 nitrogen and oxygen atoms in total. The van der Waals surface area contributed by atoms with Gasteiger partial charge in [0.1, 0.15) is 16.4 Å². The fourth-order valence-electron chi connectivity index (χ4n) is 3.48. The topological polar surface area (TPSA) is 85.6 Å². The first-order chi connectivity index (χ1) is 15.9. The molecule has 1 aliphatic rings. The van der Waals surface area contributed by atoms with Gasteiger partial charge in [-0.3, -0.25) is 9.59 Å². The van der Waals surface area contributed by atoms with Crippen molar-refractivity contribution in [2.24, 2.45) is 5.10 Å². The Balaban J connectivity index is 1.52. The predicted octanol–water partition coefficient (Wildman–Crippen LogP) is 4.52. The number of amides is 1. The number of halogens is 1. The molecular weight excluding hydrogens is 463 g/mol. The van der Waals surface area contributed by atoms with E-state index in [-0.39, 0.29) is 17.3 Å². The van der Waals surface area contributed by atoms with Gasteiger partial charge in [0.05, 0.1) is 23.1 Å². The third-order valence-electron chi connectivity index (χ3n) is 5.20. The number of aryl methyl sites for hydroxylation is 1. The molecule has 1 aliphatic heterocycles. The molecule has 5 rings (SSSR count). The van der Waals surface area contributed by atoms with Gasteiger partial charge in [-0.25, -0.2) is 9.37 Å². The van der Waals surface area contributed by atoms with Crippen LogP contribution < -0.4 is 15.6 Å². The largest absolute Gasteiger partial charge is 0.497 e. The van der Waals surface area contributed by atoms with Crippen molar-refractivity contribution in [1.82, 2.24) is 9.66 Å². The number of ether oxygens (including phenoxy) is 1. The van der Waals surface area contributed by atoms with Gasteiger partial charge in [0, 0.05) is 11.4 Å². The monoisotopic (exact) mass is 480 g/mol. The third kappa shape index (κ3) is 3.91. The van der Waals surface area contributed by atoms with E-state index in [9.17, 15) is 14.0 Å². The highest BCUT2D eigenvalue weighted by atomic mass is 32.2. The first kappa shape index (κ1) is 21.4. The molecule has 0 spiro atoms. The zero-order valence-electron chi connectivity index (χ0n) is 17.6. The van der Waals surface area contributed by atoms with Gasteiger partial charge < -0.3 is 10.1 Å². The van der Waals surface area contributed by atoms with Gasteiger partial charge in [-0.15, -0.1) is 11.3 Å². The number of hydrogen-bond donors (Lipinski definition) is 1. The molecule has 166 valence electrons. The molecule has 0 fully saturated rings. The van der Waals surface area contributed by atoms with E-state index in [1.807, 2.05) is 0 Å². The fourth-order valence-corrected chi connectivity index (χ4v) is 5.50. The molecule has 1 N–H and O–H groups in total. The Kier molecular flexibility index (Phi) is 5.47. The lowest BCUT2D eigenvalue weighted by atomic mass is 10.1. The van der Waals surface area contributed by atoms with E-state index in [0.717, 1.165) is 5.56 Å². The molecule has 0 radical (unpaired) electrons. The Morgan fingerprint density at radius 2 is 1.88 bits per heavy atom. The summed E-state index contributed by atoms with van der Waals surface area (Å²) in [7, 11) is 1.57. The Morgan fingerprint density at radius 1 is 1.15 bits per heavy atom. The number of nitrogens with one attached hydrogen (secondary N) is 1. The molecule has 3 heterocycles. The first-order valence-corrected chi connectivity index (χ1v) is 11.7. The summed E-state index contributed by atoms with van der Waals surface area (Å²) in [6.07, 6.45) is 0. The summed E-state index contributed by atoms with van der Waals surface area (Å²) in [5.74, 6) is 0.537. The lowest BCUT2D eigenvalue weighted by molar-refractivity contribution is 0.103. The lowest BCUT2D eigenvalue weighted by Gasteiger charge is -2.15. The van der Waals surface area contributed by atoms with E-state index >= 15 is 0 Å². The Hall–Kier alpha value is -3.50. The summed E-state index contributed by atoms with van der Waals surface area (Å²) >= 11 is 2.56. The summed E-state index contributed by atoms with van der Waals surface area (Å²) in [4.78, 5) is 31.7. The van der Waals surface area contributed by atoms with Crippen LogP contribution in [0.2, 0.25) is 0 Å². The molecule has 2 aromatic heterocycles. The number of rotatable bonds is 4. The van der Waals surface area contributed by atoms with E-state index in [1.54, 1.807) is 50.4 Å². The third-order valence-corrected chi connectivity index (χ3v) is 7.33. The number of nitrogens with zero attached hydrogens (tertiary/aromatic N) is 3. The fraction of sp³-hybridized carbons (Fsp3) is 0.130. The molecule has 33 heavy (non-hydrogen) atoms. The summed E-state index contributed by atoms with van der Waals surface area (Å²) in [5.41, 5.74) is 2.23. The Bertz CT molecular complexity index is 1480. The van der Waals surface area contributed by atoms with Crippen molar-refractivity contribution < 1.29 is 13.9 Å². The van der Waals surface area contributed by atoms with Gasteiger partial charge in [-0.05, 0) is 54.4 Å². The number of carbonyl (C=O) groups excluding carboxylic acids is 1. The molecule has 0 saturated heterocycles. The molecule has 0 unspecified atom stereocenters. The number of aromatic nitrogens is 2. The van der Waals surface area contributed by atoms with Gasteiger partial charge in [0.15, 0.2) is 5.16 Å². The van der Waals surface area contributed by atoms with Crippen LogP contribution >= 0.6 is 23.1 Å². The quantitative estimate of drug-likeness (QED) is 0.434. The Labute approximate surface area is 195 Å². The molecule has 2 aromatic carbocycles. The van der Waals surface area contributed by atoms with E-state index in [1.165, 1.54) is 39.9 Å². The lowest BCUT2D eigenvalue weighted by Crippen LogP contribution is -2.25. The van der Waals surface area contributed by atoms with Crippen LogP contribution in [0.25, 0.3) is 10.2 Å². The average molecular weight is 481 g/mol. The standard InChI is InChI=1S/C23H17FN4O3S2/c1-12-18-21(33-19(12)20(29)25-15-7-9-16(31-2)10-8-15)26-23-28(22(18)30)27-17(11-32-23)13-3-5-14(24)6-4-13/h3-10H,11H2,1-2H3,(H,25,29). The minimum atomic E-state index is -0.335. The summed E-state index contributed by atoms with van der Waals surface area (Å²) < 4.78 is 19.7. The maximum absolute atomic E-state index is 13.3. The van der Waals surface area contributed by atoms with Crippen LogP contribution in [0.4, 0.5) is 10.1 Å².